The van der Waals surface area contributed by atoms with Gasteiger partial charge in [0.25, 0.3) is 10.2 Å². The Hall–Kier alpha value is -0.170. The van der Waals surface area contributed by atoms with Crippen LogP contribution in [-0.2, 0) is 10.2 Å². The van der Waals surface area contributed by atoms with Crippen molar-refractivity contribution in [3.63, 3.8) is 0 Å². The van der Waals surface area contributed by atoms with Crippen molar-refractivity contribution in [2.24, 2.45) is 0 Å². The lowest BCUT2D eigenvalue weighted by atomic mass is 10.1. The fraction of sp³-hybridized carbons (Fsp3) is 1.00. The van der Waals surface area contributed by atoms with Gasteiger partial charge in [0.15, 0.2) is 0 Å². The predicted molar refractivity (Wildman–Crippen MR) is 63.1 cm³/mol. The van der Waals surface area contributed by atoms with Gasteiger partial charge in [0, 0.05) is 6.04 Å². The molecule has 3 N–H and O–H groups in total. The van der Waals surface area contributed by atoms with Crippen LogP contribution in [0.3, 0.4) is 0 Å². The third-order valence-electron chi connectivity index (χ3n) is 3.28. The van der Waals surface area contributed by atoms with E-state index in [-0.39, 0.29) is 12.2 Å². The van der Waals surface area contributed by atoms with E-state index in [0.717, 1.165) is 51.5 Å². The fourth-order valence-electron chi connectivity index (χ4n) is 2.44. The van der Waals surface area contributed by atoms with Crippen molar-refractivity contribution in [3.05, 3.63) is 0 Å². The maximum atomic E-state index is 11.8. The molecule has 0 amide bonds. The summed E-state index contributed by atoms with van der Waals surface area (Å²) < 4.78 is 29.0. The molecule has 0 aromatic heterocycles. The lowest BCUT2D eigenvalue weighted by molar-refractivity contribution is 0.379. The summed E-state index contributed by atoms with van der Waals surface area (Å²) in [6, 6.07) is 0.140. The molecule has 0 bridgehead atoms. The van der Waals surface area contributed by atoms with Crippen molar-refractivity contribution >= 4 is 10.2 Å². The summed E-state index contributed by atoms with van der Waals surface area (Å²) in [7, 11) is -3.33. The van der Waals surface area contributed by atoms with E-state index in [0.29, 0.717) is 0 Å². The average molecular weight is 247 g/mol. The maximum Gasteiger partial charge on any atom is 0.278 e. The van der Waals surface area contributed by atoms with E-state index in [4.69, 9.17) is 0 Å². The van der Waals surface area contributed by atoms with Crippen molar-refractivity contribution in [2.75, 3.05) is 6.54 Å². The molecule has 2 rings (SSSR count). The quantitative estimate of drug-likeness (QED) is 0.675. The summed E-state index contributed by atoms with van der Waals surface area (Å²) in [5.41, 5.74) is 0. The molecule has 5 nitrogen and oxygen atoms in total. The van der Waals surface area contributed by atoms with E-state index in [9.17, 15) is 8.42 Å². The fourth-order valence-corrected chi connectivity index (χ4v) is 3.76. The van der Waals surface area contributed by atoms with Gasteiger partial charge in [0.05, 0.1) is 6.17 Å². The van der Waals surface area contributed by atoms with Gasteiger partial charge < -0.3 is 5.32 Å². The molecule has 6 heteroatoms. The number of rotatable bonds is 4. The van der Waals surface area contributed by atoms with Crippen LogP contribution in [0.2, 0.25) is 0 Å². The smallest absolute Gasteiger partial charge is 0.278 e. The summed E-state index contributed by atoms with van der Waals surface area (Å²) in [6.45, 7) is 0.899. The Morgan fingerprint density at radius 3 is 2.25 bits per heavy atom. The number of nitrogens with one attached hydrogen (secondary N) is 3. The molecule has 16 heavy (non-hydrogen) atoms. The first-order valence-corrected chi connectivity index (χ1v) is 7.67. The molecule has 0 aromatic rings. The van der Waals surface area contributed by atoms with Gasteiger partial charge in [-0.2, -0.15) is 17.9 Å². The Morgan fingerprint density at radius 2 is 1.62 bits per heavy atom. The van der Waals surface area contributed by atoms with E-state index in [1.54, 1.807) is 0 Å². The molecule has 1 aliphatic carbocycles. The SMILES string of the molecule is O=S(=O)(NC1CCCC1)NC1CCCCN1. The molecular weight excluding hydrogens is 226 g/mol. The average Bonchev–Trinajstić information content (AvgIpc) is 2.70. The molecule has 1 aliphatic heterocycles. The molecule has 0 radical (unpaired) electrons. The summed E-state index contributed by atoms with van der Waals surface area (Å²) in [5, 5.41) is 3.17. The predicted octanol–water partition coefficient (Wildman–Crippen LogP) is 0.453. The van der Waals surface area contributed by atoms with E-state index < -0.39 is 10.2 Å². The first-order chi connectivity index (χ1) is 7.66. The zero-order valence-corrected chi connectivity index (χ0v) is 10.4. The van der Waals surface area contributed by atoms with Crippen LogP contribution in [0.1, 0.15) is 44.9 Å². The van der Waals surface area contributed by atoms with Crippen molar-refractivity contribution < 1.29 is 8.42 Å². The summed E-state index contributed by atoms with van der Waals surface area (Å²) in [6.07, 6.45) is 7.22. The Morgan fingerprint density at radius 1 is 0.938 bits per heavy atom. The molecule has 0 spiro atoms. The van der Waals surface area contributed by atoms with Crippen LogP contribution in [0, 0.1) is 0 Å². The van der Waals surface area contributed by atoms with Crippen LogP contribution in [0.15, 0.2) is 0 Å². The van der Waals surface area contributed by atoms with Crippen molar-refractivity contribution in [1.82, 2.24) is 14.8 Å². The minimum atomic E-state index is -3.33. The van der Waals surface area contributed by atoms with E-state index in [2.05, 4.69) is 14.8 Å². The van der Waals surface area contributed by atoms with Crippen LogP contribution < -0.4 is 14.8 Å². The van der Waals surface area contributed by atoms with E-state index >= 15 is 0 Å². The largest absolute Gasteiger partial charge is 0.301 e. The Kier molecular flexibility index (Phi) is 4.18. The highest BCUT2D eigenvalue weighted by atomic mass is 32.2. The first-order valence-electron chi connectivity index (χ1n) is 6.19. The highest BCUT2D eigenvalue weighted by Crippen LogP contribution is 2.18. The van der Waals surface area contributed by atoms with Crippen molar-refractivity contribution in [2.45, 2.75) is 57.2 Å². The van der Waals surface area contributed by atoms with Gasteiger partial charge in [-0.3, -0.25) is 0 Å². The normalized spacial score (nSPS) is 28.4. The summed E-state index contributed by atoms with van der Waals surface area (Å²) in [5.74, 6) is 0. The van der Waals surface area contributed by atoms with Gasteiger partial charge in [0.1, 0.15) is 0 Å². The second kappa shape index (κ2) is 5.44. The van der Waals surface area contributed by atoms with E-state index in [1.807, 2.05) is 0 Å². The van der Waals surface area contributed by atoms with Crippen LogP contribution in [0.5, 0.6) is 0 Å². The molecule has 1 atom stereocenters. The minimum Gasteiger partial charge on any atom is -0.301 e. The standard InChI is InChI=1S/C10H21N3O2S/c14-16(15,12-9-5-1-2-6-9)13-10-7-3-4-8-11-10/h9-13H,1-8H2. The molecule has 1 heterocycles. The van der Waals surface area contributed by atoms with Crippen molar-refractivity contribution in [3.8, 4) is 0 Å². The Labute approximate surface area is 97.6 Å². The highest BCUT2D eigenvalue weighted by Gasteiger charge is 2.24. The molecule has 2 aliphatic rings. The summed E-state index contributed by atoms with van der Waals surface area (Å²) >= 11 is 0. The number of hydrogen-bond acceptors (Lipinski definition) is 3. The van der Waals surface area contributed by atoms with Crippen LogP contribution in [-0.4, -0.2) is 27.2 Å². The van der Waals surface area contributed by atoms with E-state index in [1.165, 1.54) is 0 Å². The topological polar surface area (TPSA) is 70.2 Å². The van der Waals surface area contributed by atoms with Gasteiger partial charge >= 0.3 is 0 Å². The van der Waals surface area contributed by atoms with Gasteiger partial charge in [-0.05, 0) is 38.6 Å². The third kappa shape index (κ3) is 3.69. The molecule has 2 fully saturated rings. The molecule has 0 aromatic carbocycles. The van der Waals surface area contributed by atoms with Crippen LogP contribution >= 0.6 is 0 Å². The second-order valence-electron chi connectivity index (χ2n) is 4.72. The number of piperidine rings is 1. The monoisotopic (exact) mass is 247 g/mol. The van der Waals surface area contributed by atoms with Crippen molar-refractivity contribution in [1.29, 1.82) is 0 Å². The lowest BCUT2D eigenvalue weighted by Crippen LogP contribution is -2.52. The lowest BCUT2D eigenvalue weighted by Gasteiger charge is -2.25. The maximum absolute atomic E-state index is 11.8. The van der Waals surface area contributed by atoms with Crippen LogP contribution in [0.4, 0.5) is 0 Å². The second-order valence-corrected chi connectivity index (χ2v) is 6.20. The van der Waals surface area contributed by atoms with Gasteiger partial charge in [0.2, 0.25) is 0 Å². The Balaban J connectivity index is 1.81. The number of hydrogen-bond donors (Lipinski definition) is 3. The third-order valence-corrected chi connectivity index (χ3v) is 4.52. The van der Waals surface area contributed by atoms with Gasteiger partial charge in [-0.1, -0.05) is 12.8 Å². The zero-order valence-electron chi connectivity index (χ0n) is 9.54. The molecule has 1 unspecified atom stereocenters. The molecular formula is C10H21N3O2S. The van der Waals surface area contributed by atoms with Gasteiger partial charge in [-0.25, -0.2) is 0 Å². The zero-order chi connectivity index (χ0) is 11.4. The minimum absolute atomic E-state index is 0.0901. The highest BCUT2D eigenvalue weighted by molar-refractivity contribution is 7.87. The Bertz CT molecular complexity index is 306. The first kappa shape index (κ1) is 12.3. The van der Waals surface area contributed by atoms with Gasteiger partial charge in [-0.15, -0.1) is 0 Å². The molecule has 94 valence electrons. The molecule has 1 saturated heterocycles. The molecule has 1 saturated carbocycles. The van der Waals surface area contributed by atoms with Crippen LogP contribution in [0.25, 0.3) is 0 Å². The summed E-state index contributed by atoms with van der Waals surface area (Å²) in [4.78, 5) is 0.